The SMILES string of the molecule is CCOC/C=C/c1ccc(-c2nc(-c3ccc(NC(C)C)cc3)c(-c3ccc(NC)cc3)[nH]2)cc1. The molecule has 0 saturated heterocycles. The number of imidazole rings is 1. The molecule has 0 aliphatic carbocycles. The van der Waals surface area contributed by atoms with Crippen molar-refractivity contribution in [2.24, 2.45) is 0 Å². The molecule has 35 heavy (non-hydrogen) atoms. The lowest BCUT2D eigenvalue weighted by Crippen LogP contribution is -2.09. The predicted octanol–water partition coefficient (Wildman–Crippen LogP) is 7.32. The van der Waals surface area contributed by atoms with E-state index in [1.54, 1.807) is 0 Å². The Kier molecular flexibility index (Phi) is 8.01. The molecule has 0 aliphatic rings. The maximum Gasteiger partial charge on any atom is 0.138 e. The van der Waals surface area contributed by atoms with Crippen molar-refractivity contribution >= 4 is 17.5 Å². The molecule has 5 heteroatoms. The molecule has 4 rings (SSSR count). The van der Waals surface area contributed by atoms with Gasteiger partial charge in [-0.1, -0.05) is 60.7 Å². The molecule has 0 unspecified atom stereocenters. The number of H-pyrrole nitrogens is 1. The molecule has 3 aromatic carbocycles. The zero-order valence-corrected chi connectivity index (χ0v) is 20.9. The van der Waals surface area contributed by atoms with Gasteiger partial charge in [0.05, 0.1) is 18.0 Å². The Labute approximate surface area is 208 Å². The first-order valence-corrected chi connectivity index (χ1v) is 12.2. The normalized spacial score (nSPS) is 11.3. The van der Waals surface area contributed by atoms with Crippen LogP contribution in [0.25, 0.3) is 40.0 Å². The summed E-state index contributed by atoms with van der Waals surface area (Å²) in [6, 6.07) is 25.7. The average Bonchev–Trinajstić information content (AvgIpc) is 3.33. The summed E-state index contributed by atoms with van der Waals surface area (Å²) in [5.41, 5.74) is 8.48. The molecule has 1 aromatic heterocycles. The minimum absolute atomic E-state index is 0.385. The van der Waals surface area contributed by atoms with Crippen molar-refractivity contribution in [1.82, 2.24) is 9.97 Å². The van der Waals surface area contributed by atoms with Crippen molar-refractivity contribution in [2.45, 2.75) is 26.8 Å². The second-order valence-corrected chi connectivity index (χ2v) is 8.70. The van der Waals surface area contributed by atoms with E-state index in [1.165, 1.54) is 0 Å². The number of nitrogens with zero attached hydrogens (tertiary/aromatic N) is 1. The number of aromatic nitrogens is 2. The van der Waals surface area contributed by atoms with Gasteiger partial charge in [0.1, 0.15) is 5.82 Å². The van der Waals surface area contributed by atoms with Crippen molar-refractivity contribution in [3.8, 4) is 33.9 Å². The van der Waals surface area contributed by atoms with Gasteiger partial charge in [-0.2, -0.15) is 0 Å². The zero-order valence-electron chi connectivity index (χ0n) is 20.9. The summed E-state index contributed by atoms with van der Waals surface area (Å²) < 4.78 is 5.38. The average molecular weight is 467 g/mol. The molecule has 0 radical (unpaired) electrons. The maximum atomic E-state index is 5.38. The van der Waals surface area contributed by atoms with E-state index >= 15 is 0 Å². The highest BCUT2D eigenvalue weighted by Crippen LogP contribution is 2.34. The van der Waals surface area contributed by atoms with Crippen LogP contribution >= 0.6 is 0 Å². The molecule has 3 N–H and O–H groups in total. The lowest BCUT2D eigenvalue weighted by Gasteiger charge is -2.10. The van der Waals surface area contributed by atoms with Gasteiger partial charge in [0, 0.05) is 47.8 Å². The van der Waals surface area contributed by atoms with Gasteiger partial charge in [-0.15, -0.1) is 0 Å². The second-order valence-electron chi connectivity index (χ2n) is 8.70. The first kappa shape index (κ1) is 24.3. The molecule has 5 nitrogen and oxygen atoms in total. The van der Waals surface area contributed by atoms with E-state index < -0.39 is 0 Å². The lowest BCUT2D eigenvalue weighted by molar-refractivity contribution is 0.178. The number of hydrogen-bond donors (Lipinski definition) is 3. The van der Waals surface area contributed by atoms with Crippen molar-refractivity contribution in [1.29, 1.82) is 0 Å². The number of anilines is 2. The molecular formula is C30H34N4O. The largest absolute Gasteiger partial charge is 0.388 e. The topological polar surface area (TPSA) is 62.0 Å². The van der Waals surface area contributed by atoms with Crippen molar-refractivity contribution < 1.29 is 4.74 Å². The lowest BCUT2D eigenvalue weighted by atomic mass is 10.0. The van der Waals surface area contributed by atoms with E-state index in [4.69, 9.17) is 9.72 Å². The van der Waals surface area contributed by atoms with E-state index in [0.29, 0.717) is 12.6 Å². The number of benzene rings is 3. The Morgan fingerprint density at radius 1 is 0.857 bits per heavy atom. The van der Waals surface area contributed by atoms with Crippen LogP contribution in [0.3, 0.4) is 0 Å². The Balaban J connectivity index is 1.68. The van der Waals surface area contributed by atoms with Crippen LogP contribution in [0.1, 0.15) is 26.3 Å². The molecule has 0 saturated carbocycles. The fourth-order valence-corrected chi connectivity index (χ4v) is 3.91. The number of ether oxygens (including phenoxy) is 1. The predicted molar refractivity (Wildman–Crippen MR) is 149 cm³/mol. The molecule has 1 heterocycles. The fraction of sp³-hybridized carbons (Fsp3) is 0.233. The first-order chi connectivity index (χ1) is 17.1. The Bertz CT molecular complexity index is 1240. The molecule has 0 bridgehead atoms. The molecule has 180 valence electrons. The van der Waals surface area contributed by atoms with Gasteiger partial charge in [0.15, 0.2) is 0 Å². The number of aromatic amines is 1. The van der Waals surface area contributed by atoms with Crippen LogP contribution < -0.4 is 10.6 Å². The number of hydrogen-bond acceptors (Lipinski definition) is 4. The minimum atomic E-state index is 0.385. The molecule has 0 amide bonds. The van der Waals surface area contributed by atoms with Crippen molar-refractivity contribution in [2.75, 3.05) is 30.9 Å². The van der Waals surface area contributed by atoms with Crippen LogP contribution in [0.5, 0.6) is 0 Å². The van der Waals surface area contributed by atoms with E-state index in [0.717, 1.165) is 57.4 Å². The van der Waals surface area contributed by atoms with Crippen LogP contribution in [0.2, 0.25) is 0 Å². The van der Waals surface area contributed by atoms with Gasteiger partial charge in [-0.3, -0.25) is 0 Å². The Morgan fingerprint density at radius 3 is 2.11 bits per heavy atom. The highest BCUT2D eigenvalue weighted by molar-refractivity contribution is 5.82. The summed E-state index contributed by atoms with van der Waals surface area (Å²) >= 11 is 0. The smallest absolute Gasteiger partial charge is 0.138 e. The highest BCUT2D eigenvalue weighted by Gasteiger charge is 2.15. The molecule has 0 aliphatic heterocycles. The van der Waals surface area contributed by atoms with Gasteiger partial charge in [-0.25, -0.2) is 4.98 Å². The quantitative estimate of drug-likeness (QED) is 0.214. The summed E-state index contributed by atoms with van der Waals surface area (Å²) in [6.45, 7) is 7.63. The van der Waals surface area contributed by atoms with Crippen LogP contribution in [0.15, 0.2) is 78.9 Å². The number of rotatable bonds is 10. The van der Waals surface area contributed by atoms with Gasteiger partial charge >= 0.3 is 0 Å². The van der Waals surface area contributed by atoms with E-state index in [9.17, 15) is 0 Å². The van der Waals surface area contributed by atoms with Crippen LogP contribution in [0.4, 0.5) is 11.4 Å². The monoisotopic (exact) mass is 466 g/mol. The summed E-state index contributed by atoms with van der Waals surface area (Å²) in [5.74, 6) is 0.849. The highest BCUT2D eigenvalue weighted by atomic mass is 16.5. The Morgan fingerprint density at radius 2 is 1.49 bits per heavy atom. The minimum Gasteiger partial charge on any atom is -0.388 e. The summed E-state index contributed by atoms with van der Waals surface area (Å²) in [7, 11) is 1.93. The third-order valence-electron chi connectivity index (χ3n) is 5.69. The molecule has 0 fully saturated rings. The molecule has 4 aromatic rings. The van der Waals surface area contributed by atoms with Crippen molar-refractivity contribution in [3.05, 3.63) is 84.4 Å². The van der Waals surface area contributed by atoms with E-state index in [-0.39, 0.29) is 0 Å². The second kappa shape index (κ2) is 11.5. The van der Waals surface area contributed by atoms with Crippen LogP contribution in [0, 0.1) is 0 Å². The summed E-state index contributed by atoms with van der Waals surface area (Å²) in [4.78, 5) is 8.64. The number of nitrogens with one attached hydrogen (secondary N) is 3. The van der Waals surface area contributed by atoms with Gasteiger partial charge < -0.3 is 20.4 Å². The molecule has 0 atom stereocenters. The van der Waals surface area contributed by atoms with E-state index in [1.807, 2.05) is 20.0 Å². The first-order valence-electron chi connectivity index (χ1n) is 12.2. The summed E-state index contributed by atoms with van der Waals surface area (Å²) in [5, 5.41) is 6.64. The standard InChI is InChI=1S/C30H34N4O/c1-5-35-20-6-7-22-8-10-25(11-9-22)30-33-28(23-12-16-26(31-4)17-13-23)29(34-30)24-14-18-27(19-15-24)32-21(2)3/h6-19,21,31-32H,5,20H2,1-4H3,(H,33,34)/b7-6+. The third kappa shape index (κ3) is 6.19. The van der Waals surface area contributed by atoms with Gasteiger partial charge in [0.2, 0.25) is 0 Å². The molecular weight excluding hydrogens is 432 g/mol. The van der Waals surface area contributed by atoms with Crippen LogP contribution in [-0.2, 0) is 4.74 Å². The van der Waals surface area contributed by atoms with Crippen molar-refractivity contribution in [3.63, 3.8) is 0 Å². The summed E-state index contributed by atoms with van der Waals surface area (Å²) in [6.07, 6.45) is 4.11. The van der Waals surface area contributed by atoms with Crippen LogP contribution in [-0.4, -0.2) is 36.3 Å². The third-order valence-corrected chi connectivity index (χ3v) is 5.69. The fourth-order valence-electron chi connectivity index (χ4n) is 3.91. The Hall–Kier alpha value is -3.83. The van der Waals surface area contributed by atoms with Gasteiger partial charge in [0.25, 0.3) is 0 Å². The van der Waals surface area contributed by atoms with E-state index in [2.05, 4.69) is 108 Å². The maximum absolute atomic E-state index is 5.38. The van der Waals surface area contributed by atoms with Gasteiger partial charge in [-0.05, 0) is 50.6 Å². The molecule has 0 spiro atoms. The zero-order chi connectivity index (χ0) is 24.6.